The van der Waals surface area contributed by atoms with Crippen molar-refractivity contribution >= 4 is 5.78 Å². The number of carbonyl (C=O) groups is 1. The minimum absolute atomic E-state index is 0.0253. The van der Waals surface area contributed by atoms with Crippen LogP contribution in [0.4, 0.5) is 0 Å². The Labute approximate surface area is 206 Å². The van der Waals surface area contributed by atoms with Crippen molar-refractivity contribution in [1.82, 2.24) is 0 Å². The summed E-state index contributed by atoms with van der Waals surface area (Å²) >= 11 is 0. The lowest BCUT2D eigenvalue weighted by Gasteiger charge is -2.63. The summed E-state index contributed by atoms with van der Waals surface area (Å²) in [6.45, 7) is 16.2. The molecule has 4 aliphatic carbocycles. The van der Waals surface area contributed by atoms with Crippen molar-refractivity contribution in [1.29, 1.82) is 0 Å². The average Bonchev–Trinajstić information content (AvgIpc) is 3.08. The molecule has 0 aromatic heterocycles. The number of ether oxygens (including phenoxy) is 2. The molecule has 6 rings (SSSR count). The standard InChI is InChI=1S/C30H46O4/c1-26(2)22-9-8-20-19(28(22,5)13-12-23(26)31)11-15-29(6)18(10-14-30(20,29)7)17-16-21(33-25(17)32)24-27(3,4)34-24/h8,17-19,21-22,24-25,32H,9-16H2,1-7H3/t17-,18?,19?,21?,22?,24?,25-,28?,29+,30?/m1/s1. The van der Waals surface area contributed by atoms with Gasteiger partial charge in [0.15, 0.2) is 6.29 Å². The molecule has 0 radical (unpaired) electrons. The molecule has 5 fully saturated rings. The van der Waals surface area contributed by atoms with Crippen molar-refractivity contribution < 1.29 is 19.4 Å². The van der Waals surface area contributed by atoms with Crippen molar-refractivity contribution in [2.75, 3.05) is 0 Å². The molecule has 4 heteroatoms. The van der Waals surface area contributed by atoms with Gasteiger partial charge in [0, 0.05) is 17.8 Å². The van der Waals surface area contributed by atoms with E-state index in [0.29, 0.717) is 23.5 Å². The molecule has 1 N–H and O–H groups in total. The average molecular weight is 471 g/mol. The van der Waals surface area contributed by atoms with Crippen molar-refractivity contribution in [2.24, 2.45) is 45.3 Å². The van der Waals surface area contributed by atoms with E-state index in [4.69, 9.17) is 9.47 Å². The molecule has 190 valence electrons. The molecule has 2 heterocycles. The Hall–Kier alpha value is -0.710. The second-order valence-electron chi connectivity index (χ2n) is 14.7. The Morgan fingerprint density at radius 2 is 1.71 bits per heavy atom. The molecule has 2 aliphatic heterocycles. The maximum absolute atomic E-state index is 12.8. The monoisotopic (exact) mass is 470 g/mol. The van der Waals surface area contributed by atoms with Crippen LogP contribution in [0, 0.1) is 45.3 Å². The first-order valence-electron chi connectivity index (χ1n) is 14.0. The van der Waals surface area contributed by atoms with Gasteiger partial charge >= 0.3 is 0 Å². The summed E-state index contributed by atoms with van der Waals surface area (Å²) in [6, 6.07) is 0. The van der Waals surface area contributed by atoms with E-state index in [1.807, 2.05) is 0 Å². The van der Waals surface area contributed by atoms with Crippen LogP contribution in [0.25, 0.3) is 0 Å². The van der Waals surface area contributed by atoms with Gasteiger partial charge in [-0.25, -0.2) is 0 Å². The zero-order chi connectivity index (χ0) is 24.5. The molecule has 7 unspecified atom stereocenters. The zero-order valence-corrected chi connectivity index (χ0v) is 22.4. The third-order valence-electron chi connectivity index (χ3n) is 12.7. The zero-order valence-electron chi connectivity index (χ0n) is 22.4. The number of epoxide rings is 1. The number of aliphatic hydroxyl groups is 1. The molecule has 0 spiro atoms. The number of aliphatic hydroxyl groups excluding tert-OH is 1. The number of Topliss-reactive ketones (excluding diaryl/α,β-unsaturated/α-hetero) is 1. The van der Waals surface area contributed by atoms with E-state index >= 15 is 0 Å². The lowest BCUT2D eigenvalue weighted by Crippen LogP contribution is -2.57. The molecule has 4 nitrogen and oxygen atoms in total. The second-order valence-corrected chi connectivity index (χ2v) is 14.7. The highest BCUT2D eigenvalue weighted by atomic mass is 16.7. The van der Waals surface area contributed by atoms with Gasteiger partial charge in [-0.15, -0.1) is 0 Å². The van der Waals surface area contributed by atoms with Crippen LogP contribution in [-0.4, -0.2) is 35.0 Å². The van der Waals surface area contributed by atoms with Gasteiger partial charge in [-0.2, -0.15) is 0 Å². The first kappa shape index (κ1) is 23.7. The molecule has 3 saturated carbocycles. The van der Waals surface area contributed by atoms with Gasteiger partial charge in [0.2, 0.25) is 0 Å². The highest BCUT2D eigenvalue weighted by Crippen LogP contribution is 2.73. The largest absolute Gasteiger partial charge is 0.368 e. The first-order chi connectivity index (χ1) is 15.8. The van der Waals surface area contributed by atoms with Gasteiger partial charge in [0.05, 0.1) is 11.7 Å². The van der Waals surface area contributed by atoms with E-state index in [1.165, 1.54) is 25.7 Å². The van der Waals surface area contributed by atoms with Gasteiger partial charge in [0.1, 0.15) is 11.9 Å². The first-order valence-corrected chi connectivity index (χ1v) is 14.0. The van der Waals surface area contributed by atoms with Crippen molar-refractivity contribution in [3.8, 4) is 0 Å². The minimum atomic E-state index is -0.667. The Morgan fingerprint density at radius 3 is 2.38 bits per heavy atom. The number of allylic oxidation sites excluding steroid dienone is 2. The summed E-state index contributed by atoms with van der Waals surface area (Å²) in [5.41, 5.74) is 1.95. The SMILES string of the molecule is CC1(C)OC1C1C[C@H](C2CCC3(C)C4=CCC5C(C)(C)C(=O)CCC5(C)C4CC[C@@]23C)[C@H](O)O1. The Bertz CT molecular complexity index is 934. The third-order valence-corrected chi connectivity index (χ3v) is 12.7. The molecule has 0 bridgehead atoms. The Morgan fingerprint density at radius 1 is 1.00 bits per heavy atom. The fourth-order valence-corrected chi connectivity index (χ4v) is 10.3. The van der Waals surface area contributed by atoms with Gasteiger partial charge < -0.3 is 14.6 Å². The molecule has 34 heavy (non-hydrogen) atoms. The fraction of sp³-hybridized carbons (Fsp3) is 0.900. The van der Waals surface area contributed by atoms with Crippen molar-refractivity contribution in [3.63, 3.8) is 0 Å². The minimum Gasteiger partial charge on any atom is -0.368 e. The lowest BCUT2D eigenvalue weighted by molar-refractivity contribution is -0.147. The topological polar surface area (TPSA) is 59.1 Å². The summed E-state index contributed by atoms with van der Waals surface area (Å²) in [7, 11) is 0. The fourth-order valence-electron chi connectivity index (χ4n) is 10.3. The van der Waals surface area contributed by atoms with Crippen LogP contribution in [0.2, 0.25) is 0 Å². The van der Waals surface area contributed by atoms with E-state index in [2.05, 4.69) is 54.5 Å². The Balaban J connectivity index is 1.30. The van der Waals surface area contributed by atoms with Crippen molar-refractivity contribution in [2.45, 2.75) is 124 Å². The van der Waals surface area contributed by atoms with Crippen LogP contribution in [0.5, 0.6) is 0 Å². The summed E-state index contributed by atoms with van der Waals surface area (Å²) in [5.74, 6) is 2.19. The smallest absolute Gasteiger partial charge is 0.158 e. The number of hydrogen-bond acceptors (Lipinski definition) is 4. The Kier molecular flexibility index (Phi) is 4.86. The number of hydrogen-bond donors (Lipinski definition) is 1. The summed E-state index contributed by atoms with van der Waals surface area (Å²) in [5, 5.41) is 11.0. The molecule has 2 saturated heterocycles. The summed E-state index contributed by atoms with van der Waals surface area (Å²) in [6.07, 6.45) is 10.6. The molecule has 10 atom stereocenters. The molecule has 6 aliphatic rings. The van der Waals surface area contributed by atoms with Crippen LogP contribution in [0.15, 0.2) is 11.6 Å². The molecular weight excluding hydrogens is 424 g/mol. The summed E-state index contributed by atoms with van der Waals surface area (Å²) < 4.78 is 12.0. The van der Waals surface area contributed by atoms with Crippen LogP contribution in [0.1, 0.15) is 99.8 Å². The maximum Gasteiger partial charge on any atom is 0.158 e. The normalized spacial score (nSPS) is 55.2. The maximum atomic E-state index is 12.8. The number of rotatable bonds is 2. The highest BCUT2D eigenvalue weighted by Gasteiger charge is 2.67. The molecule has 0 aromatic carbocycles. The predicted molar refractivity (Wildman–Crippen MR) is 132 cm³/mol. The van der Waals surface area contributed by atoms with E-state index in [1.54, 1.807) is 5.57 Å². The van der Waals surface area contributed by atoms with Gasteiger partial charge in [-0.3, -0.25) is 4.79 Å². The number of fused-ring (bicyclic) bond motifs is 5. The third kappa shape index (κ3) is 2.85. The highest BCUT2D eigenvalue weighted by molar-refractivity contribution is 5.85. The van der Waals surface area contributed by atoms with Crippen LogP contribution in [-0.2, 0) is 14.3 Å². The van der Waals surface area contributed by atoms with E-state index in [9.17, 15) is 9.90 Å². The van der Waals surface area contributed by atoms with E-state index in [-0.39, 0.29) is 45.4 Å². The predicted octanol–water partition coefficient (Wildman–Crippen LogP) is 6.06. The van der Waals surface area contributed by atoms with E-state index < -0.39 is 6.29 Å². The van der Waals surface area contributed by atoms with Crippen LogP contribution < -0.4 is 0 Å². The quantitative estimate of drug-likeness (QED) is 0.393. The van der Waals surface area contributed by atoms with Gasteiger partial charge in [-0.05, 0) is 92.8 Å². The van der Waals surface area contributed by atoms with E-state index in [0.717, 1.165) is 25.7 Å². The van der Waals surface area contributed by atoms with Crippen LogP contribution >= 0.6 is 0 Å². The lowest BCUT2D eigenvalue weighted by atomic mass is 9.41. The second kappa shape index (κ2) is 6.98. The van der Waals surface area contributed by atoms with Gasteiger partial charge in [-0.1, -0.05) is 46.3 Å². The van der Waals surface area contributed by atoms with Crippen LogP contribution in [0.3, 0.4) is 0 Å². The molecule has 0 aromatic rings. The van der Waals surface area contributed by atoms with Crippen molar-refractivity contribution in [3.05, 3.63) is 11.6 Å². The number of carbonyl (C=O) groups excluding carboxylic acids is 1. The molecule has 0 amide bonds. The molecular formula is C30H46O4. The van der Waals surface area contributed by atoms with Gasteiger partial charge in [0.25, 0.3) is 0 Å². The number of ketones is 1. The summed E-state index contributed by atoms with van der Waals surface area (Å²) in [4.78, 5) is 12.8.